The van der Waals surface area contributed by atoms with Crippen LogP contribution in [0, 0.1) is 6.92 Å². The predicted molar refractivity (Wildman–Crippen MR) is 235 cm³/mol. The largest absolute Gasteiger partial charge is 0.309 e. The van der Waals surface area contributed by atoms with Gasteiger partial charge >= 0.3 is 0 Å². The van der Waals surface area contributed by atoms with E-state index in [9.17, 15) is 0 Å². The number of nitrogens with zero attached hydrogens (tertiary/aromatic N) is 5. The van der Waals surface area contributed by atoms with Gasteiger partial charge < -0.3 is 9.13 Å². The van der Waals surface area contributed by atoms with E-state index in [1.165, 1.54) is 55.0 Å². The van der Waals surface area contributed by atoms with Gasteiger partial charge in [-0.15, -0.1) is 0 Å². The maximum Gasteiger partial charge on any atom is 0.164 e. The molecule has 0 amide bonds. The molecule has 0 spiro atoms. The summed E-state index contributed by atoms with van der Waals surface area (Å²) in [6.07, 6.45) is 0. The number of aromatic nitrogens is 5. The van der Waals surface area contributed by atoms with E-state index in [2.05, 4.69) is 150 Å². The van der Waals surface area contributed by atoms with Gasteiger partial charge in [0.05, 0.1) is 22.1 Å². The molecule has 0 unspecified atom stereocenters. The van der Waals surface area contributed by atoms with Crippen molar-refractivity contribution in [1.29, 1.82) is 0 Å². The van der Waals surface area contributed by atoms with Crippen molar-refractivity contribution in [3.63, 3.8) is 0 Å². The predicted octanol–water partition coefficient (Wildman–Crippen LogP) is 13.0. The highest BCUT2D eigenvalue weighted by molar-refractivity contribution is 6.12. The maximum atomic E-state index is 4.96. The van der Waals surface area contributed by atoms with Crippen molar-refractivity contribution >= 4 is 43.6 Å². The first-order valence-corrected chi connectivity index (χ1v) is 19.3. The van der Waals surface area contributed by atoms with Gasteiger partial charge in [-0.2, -0.15) is 0 Å². The minimum absolute atomic E-state index is 0.639. The zero-order chi connectivity index (χ0) is 37.9. The van der Waals surface area contributed by atoms with Crippen LogP contribution in [0.1, 0.15) is 5.56 Å². The van der Waals surface area contributed by atoms with Gasteiger partial charge in [0.15, 0.2) is 17.5 Å². The van der Waals surface area contributed by atoms with Crippen molar-refractivity contribution in [1.82, 2.24) is 24.1 Å². The molecule has 3 heterocycles. The second kappa shape index (κ2) is 13.3. The van der Waals surface area contributed by atoms with Gasteiger partial charge in [-0.25, -0.2) is 15.0 Å². The van der Waals surface area contributed by atoms with E-state index in [-0.39, 0.29) is 0 Å². The van der Waals surface area contributed by atoms with Crippen molar-refractivity contribution in [2.75, 3.05) is 0 Å². The number of fused-ring (bicyclic) bond motifs is 6. The van der Waals surface area contributed by atoms with Gasteiger partial charge in [0.1, 0.15) is 0 Å². The second-order valence-electron chi connectivity index (χ2n) is 14.6. The molecular formula is C52H35N5. The Labute approximate surface area is 329 Å². The summed E-state index contributed by atoms with van der Waals surface area (Å²) in [5.74, 6) is 1.94. The van der Waals surface area contributed by atoms with E-state index >= 15 is 0 Å². The van der Waals surface area contributed by atoms with Gasteiger partial charge in [-0.1, -0.05) is 127 Å². The SMILES string of the molecule is Cc1ccc(-n2c3ccccc3c3cc(-c4ccc5c(c4)c4ccccc4n5-c4ccc(-c5nc(-c6ccccc6)nc(-c6ccccc6)n5)cc4)ccc32)cc1. The topological polar surface area (TPSA) is 48.5 Å². The Hall–Kier alpha value is -7.63. The zero-order valence-electron chi connectivity index (χ0n) is 31.2. The Morgan fingerprint density at radius 2 is 0.649 bits per heavy atom. The molecule has 0 radical (unpaired) electrons. The summed E-state index contributed by atoms with van der Waals surface area (Å²) in [5.41, 5.74) is 13.4. The third-order valence-corrected chi connectivity index (χ3v) is 11.1. The van der Waals surface area contributed by atoms with Crippen molar-refractivity contribution in [3.8, 4) is 56.7 Å². The molecule has 0 fully saturated rings. The Morgan fingerprint density at radius 3 is 1.11 bits per heavy atom. The Bertz CT molecular complexity index is 3210. The lowest BCUT2D eigenvalue weighted by molar-refractivity contribution is 1.07. The van der Waals surface area contributed by atoms with E-state index in [0.717, 1.165) is 33.4 Å². The monoisotopic (exact) mass is 729 g/mol. The molecular weight excluding hydrogens is 695 g/mol. The number of benzene rings is 8. The number of rotatable bonds is 6. The standard InChI is InChI=1S/C52H35N5/c1-34-20-26-40(27-21-34)56-46-18-10-8-16-42(46)44-32-38(24-30-48(44)56)39-25-31-49-45(33-39)43-17-9-11-19-47(43)57(49)41-28-22-37(23-29-41)52-54-50(35-12-4-2-5-13-35)53-51(55-52)36-14-6-3-7-15-36/h2-33H,1H3. The molecule has 11 rings (SSSR count). The third-order valence-electron chi connectivity index (χ3n) is 11.1. The Kier molecular flexibility index (Phi) is 7.64. The quantitative estimate of drug-likeness (QED) is 0.171. The summed E-state index contributed by atoms with van der Waals surface area (Å²) in [6, 6.07) is 68.7. The summed E-state index contributed by atoms with van der Waals surface area (Å²) in [6.45, 7) is 2.13. The van der Waals surface area contributed by atoms with Crippen LogP contribution in [0.25, 0.3) is 100 Å². The van der Waals surface area contributed by atoms with Gasteiger partial charge in [0.25, 0.3) is 0 Å². The molecule has 0 saturated carbocycles. The minimum atomic E-state index is 0.639. The van der Waals surface area contributed by atoms with Gasteiger partial charge in [-0.05, 0) is 90.8 Å². The van der Waals surface area contributed by atoms with Gasteiger partial charge in [0.2, 0.25) is 0 Å². The Balaban J connectivity index is 1.00. The van der Waals surface area contributed by atoms with Crippen LogP contribution in [0.4, 0.5) is 0 Å². The molecule has 268 valence electrons. The first-order chi connectivity index (χ1) is 28.2. The minimum Gasteiger partial charge on any atom is -0.309 e. The molecule has 0 aliphatic heterocycles. The highest BCUT2D eigenvalue weighted by Gasteiger charge is 2.17. The average Bonchev–Trinajstić information content (AvgIpc) is 3.79. The third kappa shape index (κ3) is 5.59. The second-order valence-corrected chi connectivity index (χ2v) is 14.6. The number of hydrogen-bond donors (Lipinski definition) is 0. The average molecular weight is 730 g/mol. The lowest BCUT2D eigenvalue weighted by Gasteiger charge is -2.11. The fourth-order valence-electron chi connectivity index (χ4n) is 8.25. The molecule has 0 saturated heterocycles. The number of aryl methyl sites for hydroxylation is 1. The van der Waals surface area contributed by atoms with Crippen molar-refractivity contribution in [2.24, 2.45) is 0 Å². The van der Waals surface area contributed by atoms with Crippen LogP contribution in [-0.2, 0) is 0 Å². The molecule has 3 aromatic heterocycles. The number of hydrogen-bond acceptors (Lipinski definition) is 3. The van der Waals surface area contributed by atoms with Gasteiger partial charge in [-0.3, -0.25) is 0 Å². The van der Waals surface area contributed by atoms with Crippen LogP contribution >= 0.6 is 0 Å². The highest BCUT2D eigenvalue weighted by atomic mass is 15.0. The van der Waals surface area contributed by atoms with E-state index in [4.69, 9.17) is 15.0 Å². The van der Waals surface area contributed by atoms with Crippen molar-refractivity contribution < 1.29 is 0 Å². The van der Waals surface area contributed by atoms with Crippen LogP contribution in [0.5, 0.6) is 0 Å². The molecule has 8 aromatic carbocycles. The van der Waals surface area contributed by atoms with E-state index < -0.39 is 0 Å². The molecule has 0 aliphatic carbocycles. The molecule has 0 bridgehead atoms. The number of para-hydroxylation sites is 2. The van der Waals surface area contributed by atoms with Crippen LogP contribution in [-0.4, -0.2) is 24.1 Å². The normalized spacial score (nSPS) is 11.6. The van der Waals surface area contributed by atoms with Crippen LogP contribution in [0.2, 0.25) is 0 Å². The lowest BCUT2D eigenvalue weighted by atomic mass is 10.0. The van der Waals surface area contributed by atoms with E-state index in [0.29, 0.717) is 17.5 Å². The van der Waals surface area contributed by atoms with Crippen LogP contribution in [0.3, 0.4) is 0 Å². The fraction of sp³-hybridized carbons (Fsp3) is 0.0192. The summed E-state index contributed by atoms with van der Waals surface area (Å²) in [4.78, 5) is 14.8. The highest BCUT2D eigenvalue weighted by Crippen LogP contribution is 2.38. The molecule has 0 N–H and O–H groups in total. The molecule has 57 heavy (non-hydrogen) atoms. The molecule has 5 heteroatoms. The first-order valence-electron chi connectivity index (χ1n) is 19.3. The van der Waals surface area contributed by atoms with E-state index in [1.807, 2.05) is 60.7 Å². The summed E-state index contributed by atoms with van der Waals surface area (Å²) in [5, 5.41) is 4.93. The molecule has 0 atom stereocenters. The first kappa shape index (κ1) is 32.8. The maximum absolute atomic E-state index is 4.96. The Morgan fingerprint density at radius 1 is 0.298 bits per heavy atom. The van der Waals surface area contributed by atoms with E-state index in [1.54, 1.807) is 0 Å². The fourth-order valence-corrected chi connectivity index (χ4v) is 8.25. The summed E-state index contributed by atoms with van der Waals surface area (Å²) >= 11 is 0. The molecule has 11 aromatic rings. The zero-order valence-corrected chi connectivity index (χ0v) is 31.2. The summed E-state index contributed by atoms with van der Waals surface area (Å²) < 4.78 is 4.73. The lowest BCUT2D eigenvalue weighted by Crippen LogP contribution is -2.00. The summed E-state index contributed by atoms with van der Waals surface area (Å²) in [7, 11) is 0. The van der Waals surface area contributed by atoms with Gasteiger partial charge in [0, 0.05) is 49.6 Å². The smallest absolute Gasteiger partial charge is 0.164 e. The molecule has 5 nitrogen and oxygen atoms in total. The molecule has 0 aliphatic rings. The van der Waals surface area contributed by atoms with Crippen molar-refractivity contribution in [3.05, 3.63) is 200 Å². The van der Waals surface area contributed by atoms with Crippen LogP contribution < -0.4 is 0 Å². The van der Waals surface area contributed by atoms with Crippen molar-refractivity contribution in [2.45, 2.75) is 6.92 Å². The van der Waals surface area contributed by atoms with Crippen LogP contribution in [0.15, 0.2) is 194 Å².